The van der Waals surface area contributed by atoms with Crippen LogP contribution in [0, 0.1) is 12.8 Å². The van der Waals surface area contributed by atoms with Crippen LogP contribution in [0.5, 0.6) is 0 Å². The number of carbonyl (C=O) groups is 1. The summed E-state index contributed by atoms with van der Waals surface area (Å²) in [5.74, 6) is 0.504. The van der Waals surface area contributed by atoms with Crippen LogP contribution in [0.15, 0.2) is 11.4 Å². The largest absolute Gasteiger partial charge is 0.381 e. The molecule has 0 radical (unpaired) electrons. The summed E-state index contributed by atoms with van der Waals surface area (Å²) in [5.41, 5.74) is 0.918. The Labute approximate surface area is 87.9 Å². The molecule has 0 aliphatic carbocycles. The van der Waals surface area contributed by atoms with E-state index in [0.29, 0.717) is 5.78 Å². The standard InChI is InChI=1S/C11H14O2S/c1-8-10(4-7-14-8)11(12)9-2-5-13-6-3-9/h4,7,9H,2-3,5-6H2,1H3. The molecular formula is C11H14O2S. The molecule has 2 heterocycles. The summed E-state index contributed by atoms with van der Waals surface area (Å²) >= 11 is 1.64. The van der Waals surface area contributed by atoms with Gasteiger partial charge in [0.15, 0.2) is 5.78 Å². The number of thiophene rings is 1. The molecule has 0 atom stereocenters. The number of hydrogen-bond acceptors (Lipinski definition) is 3. The van der Waals surface area contributed by atoms with Crippen molar-refractivity contribution in [1.82, 2.24) is 0 Å². The lowest BCUT2D eigenvalue weighted by atomic mass is 9.91. The number of ketones is 1. The van der Waals surface area contributed by atoms with E-state index in [9.17, 15) is 4.79 Å². The first kappa shape index (κ1) is 9.87. The lowest BCUT2D eigenvalue weighted by Gasteiger charge is -2.20. The third-order valence-electron chi connectivity index (χ3n) is 2.72. The van der Waals surface area contributed by atoms with Crippen LogP contribution in [0.25, 0.3) is 0 Å². The van der Waals surface area contributed by atoms with Gasteiger partial charge in [-0.05, 0) is 31.2 Å². The van der Waals surface area contributed by atoms with Crippen LogP contribution in [0.1, 0.15) is 28.1 Å². The van der Waals surface area contributed by atoms with E-state index in [1.165, 1.54) is 0 Å². The Balaban J connectivity index is 2.11. The fourth-order valence-electron chi connectivity index (χ4n) is 1.82. The molecule has 0 spiro atoms. The van der Waals surface area contributed by atoms with E-state index in [2.05, 4.69) is 0 Å². The van der Waals surface area contributed by atoms with Crippen molar-refractivity contribution in [3.05, 3.63) is 21.9 Å². The smallest absolute Gasteiger partial charge is 0.167 e. The fraction of sp³-hybridized carbons (Fsp3) is 0.545. The van der Waals surface area contributed by atoms with Crippen molar-refractivity contribution in [1.29, 1.82) is 0 Å². The summed E-state index contributed by atoms with van der Waals surface area (Å²) < 4.78 is 5.25. The highest BCUT2D eigenvalue weighted by Crippen LogP contribution is 2.24. The van der Waals surface area contributed by atoms with Gasteiger partial charge in [-0.1, -0.05) is 0 Å². The van der Waals surface area contributed by atoms with Gasteiger partial charge in [0.25, 0.3) is 0 Å². The molecule has 1 aliphatic heterocycles. The quantitative estimate of drug-likeness (QED) is 0.701. The first-order chi connectivity index (χ1) is 6.79. The minimum Gasteiger partial charge on any atom is -0.381 e. The van der Waals surface area contributed by atoms with Crippen LogP contribution in [-0.4, -0.2) is 19.0 Å². The molecule has 1 aromatic rings. The van der Waals surface area contributed by atoms with E-state index in [1.807, 2.05) is 18.4 Å². The van der Waals surface area contributed by atoms with E-state index in [0.717, 1.165) is 36.5 Å². The second kappa shape index (κ2) is 4.24. The maximum absolute atomic E-state index is 12.0. The van der Waals surface area contributed by atoms with Gasteiger partial charge in [0.2, 0.25) is 0 Å². The normalized spacial score (nSPS) is 18.4. The van der Waals surface area contributed by atoms with Gasteiger partial charge in [-0.2, -0.15) is 0 Å². The van der Waals surface area contributed by atoms with Crippen molar-refractivity contribution in [2.45, 2.75) is 19.8 Å². The van der Waals surface area contributed by atoms with Gasteiger partial charge in [-0.3, -0.25) is 4.79 Å². The van der Waals surface area contributed by atoms with Gasteiger partial charge in [0.05, 0.1) is 0 Å². The van der Waals surface area contributed by atoms with Gasteiger partial charge < -0.3 is 4.74 Å². The molecule has 0 N–H and O–H groups in total. The highest BCUT2D eigenvalue weighted by Gasteiger charge is 2.23. The van der Waals surface area contributed by atoms with E-state index in [4.69, 9.17) is 4.74 Å². The van der Waals surface area contributed by atoms with Gasteiger partial charge in [-0.15, -0.1) is 11.3 Å². The van der Waals surface area contributed by atoms with E-state index in [-0.39, 0.29) is 5.92 Å². The average molecular weight is 210 g/mol. The Kier molecular flexibility index (Phi) is 2.99. The van der Waals surface area contributed by atoms with Crippen molar-refractivity contribution < 1.29 is 9.53 Å². The number of hydrogen-bond donors (Lipinski definition) is 0. The molecule has 1 aromatic heterocycles. The van der Waals surface area contributed by atoms with Crippen LogP contribution in [0.4, 0.5) is 0 Å². The summed E-state index contributed by atoms with van der Waals surface area (Å²) in [5, 5.41) is 1.99. The van der Waals surface area contributed by atoms with Crippen molar-refractivity contribution in [2.75, 3.05) is 13.2 Å². The Morgan fingerprint density at radius 2 is 2.21 bits per heavy atom. The molecule has 1 aliphatic rings. The second-order valence-corrected chi connectivity index (χ2v) is 4.76. The zero-order valence-electron chi connectivity index (χ0n) is 8.29. The summed E-state index contributed by atoms with van der Waals surface area (Å²) in [6, 6.07) is 1.94. The number of Topliss-reactive ketones (excluding diaryl/α,β-unsaturated/α-hetero) is 1. The summed E-state index contributed by atoms with van der Waals surface area (Å²) in [4.78, 5) is 13.2. The molecule has 2 nitrogen and oxygen atoms in total. The van der Waals surface area contributed by atoms with Gasteiger partial charge >= 0.3 is 0 Å². The van der Waals surface area contributed by atoms with Gasteiger partial charge in [-0.25, -0.2) is 0 Å². The molecule has 0 aromatic carbocycles. The minimum absolute atomic E-state index is 0.192. The van der Waals surface area contributed by atoms with Crippen LogP contribution in [0.3, 0.4) is 0 Å². The predicted octanol–water partition coefficient (Wildman–Crippen LogP) is 2.67. The fourth-order valence-corrected chi connectivity index (χ4v) is 2.52. The Morgan fingerprint density at radius 1 is 1.50 bits per heavy atom. The van der Waals surface area contributed by atoms with Crippen LogP contribution >= 0.6 is 11.3 Å². The zero-order valence-corrected chi connectivity index (χ0v) is 9.10. The van der Waals surface area contributed by atoms with Gasteiger partial charge in [0.1, 0.15) is 0 Å². The second-order valence-electron chi connectivity index (χ2n) is 3.64. The number of aryl methyl sites for hydroxylation is 1. The average Bonchev–Trinajstić information content (AvgIpc) is 2.65. The van der Waals surface area contributed by atoms with Crippen molar-refractivity contribution in [2.24, 2.45) is 5.92 Å². The molecule has 0 amide bonds. The maximum Gasteiger partial charge on any atom is 0.167 e. The lowest BCUT2D eigenvalue weighted by molar-refractivity contribution is 0.0545. The molecule has 0 saturated carbocycles. The summed E-state index contributed by atoms with van der Waals surface area (Å²) in [6.45, 7) is 3.48. The van der Waals surface area contributed by atoms with Crippen molar-refractivity contribution in [3.8, 4) is 0 Å². The predicted molar refractivity (Wildman–Crippen MR) is 56.9 cm³/mol. The number of rotatable bonds is 2. The third kappa shape index (κ3) is 1.88. The molecule has 3 heteroatoms. The van der Waals surface area contributed by atoms with E-state index >= 15 is 0 Å². The molecule has 2 rings (SSSR count). The van der Waals surface area contributed by atoms with Crippen LogP contribution < -0.4 is 0 Å². The Bertz CT molecular complexity index is 324. The summed E-state index contributed by atoms with van der Waals surface area (Å²) in [7, 11) is 0. The highest BCUT2D eigenvalue weighted by atomic mass is 32.1. The molecule has 0 unspecified atom stereocenters. The number of carbonyl (C=O) groups excluding carboxylic acids is 1. The molecular weight excluding hydrogens is 196 g/mol. The van der Waals surface area contributed by atoms with Crippen LogP contribution in [0.2, 0.25) is 0 Å². The van der Waals surface area contributed by atoms with E-state index in [1.54, 1.807) is 11.3 Å². The molecule has 76 valence electrons. The monoisotopic (exact) mass is 210 g/mol. The SMILES string of the molecule is Cc1sccc1C(=O)C1CCOCC1. The first-order valence-corrected chi connectivity index (χ1v) is 5.83. The maximum atomic E-state index is 12.0. The zero-order chi connectivity index (χ0) is 9.97. The van der Waals surface area contributed by atoms with Crippen molar-refractivity contribution in [3.63, 3.8) is 0 Å². The minimum atomic E-state index is 0.192. The van der Waals surface area contributed by atoms with E-state index < -0.39 is 0 Å². The first-order valence-electron chi connectivity index (χ1n) is 4.95. The molecule has 1 saturated heterocycles. The molecule has 1 fully saturated rings. The van der Waals surface area contributed by atoms with Gasteiger partial charge in [0, 0.05) is 29.6 Å². The van der Waals surface area contributed by atoms with Crippen molar-refractivity contribution >= 4 is 17.1 Å². The Morgan fingerprint density at radius 3 is 2.79 bits per heavy atom. The summed E-state index contributed by atoms with van der Waals surface area (Å²) in [6.07, 6.45) is 1.77. The topological polar surface area (TPSA) is 26.3 Å². The molecule has 0 bridgehead atoms. The lowest BCUT2D eigenvalue weighted by Crippen LogP contribution is -2.23. The third-order valence-corrected chi connectivity index (χ3v) is 3.56. The highest BCUT2D eigenvalue weighted by molar-refractivity contribution is 7.10. The number of ether oxygens (including phenoxy) is 1. The Hall–Kier alpha value is -0.670. The molecule has 14 heavy (non-hydrogen) atoms. The van der Waals surface area contributed by atoms with Crippen LogP contribution in [-0.2, 0) is 4.74 Å².